The zero-order valence-corrected chi connectivity index (χ0v) is 21.3. The Kier molecular flexibility index (Phi) is 8.53. The van der Waals surface area contributed by atoms with Gasteiger partial charge in [0.25, 0.3) is 5.91 Å². The van der Waals surface area contributed by atoms with E-state index in [0.717, 1.165) is 6.42 Å². The monoisotopic (exact) mass is 514 g/mol. The molecule has 2 amide bonds. The molecule has 0 aliphatic rings. The van der Waals surface area contributed by atoms with Gasteiger partial charge in [-0.05, 0) is 67.4 Å². The number of carbonyl (C=O) groups is 2. The maximum absolute atomic E-state index is 13.3. The predicted octanol–water partition coefficient (Wildman–Crippen LogP) is 5.51. The minimum atomic E-state index is -4.10. The number of nitrogens with zero attached hydrogens (tertiary/aromatic N) is 1. The van der Waals surface area contributed by atoms with Crippen LogP contribution in [-0.4, -0.2) is 31.2 Å². The molecule has 3 aromatic rings. The van der Waals surface area contributed by atoms with Gasteiger partial charge in [-0.2, -0.15) is 8.42 Å². The lowest BCUT2D eigenvalue weighted by Crippen LogP contribution is -2.38. The molecule has 3 aromatic carbocycles. The van der Waals surface area contributed by atoms with Crippen LogP contribution in [0.2, 0.25) is 5.02 Å². The van der Waals surface area contributed by atoms with Crippen LogP contribution < -0.4 is 9.50 Å². The van der Waals surface area contributed by atoms with Crippen LogP contribution in [0.1, 0.15) is 43.1 Å². The number of nitrogens with one attached hydrogen (secondary N) is 1. The molecule has 0 saturated carbocycles. The van der Waals surface area contributed by atoms with Gasteiger partial charge in [0, 0.05) is 25.2 Å². The van der Waals surface area contributed by atoms with E-state index in [2.05, 4.69) is 5.32 Å². The molecule has 0 aromatic heterocycles. The molecule has 3 rings (SSSR count). The summed E-state index contributed by atoms with van der Waals surface area (Å²) in [7, 11) is -4.10. The van der Waals surface area contributed by atoms with Crippen LogP contribution in [0, 0.1) is 0 Å². The van der Waals surface area contributed by atoms with Crippen LogP contribution in [-0.2, 0) is 21.5 Å². The molecular weight excluding hydrogens is 488 g/mol. The van der Waals surface area contributed by atoms with Crippen molar-refractivity contribution in [2.45, 2.75) is 44.7 Å². The summed E-state index contributed by atoms with van der Waals surface area (Å²) in [6, 6.07) is 19.1. The lowest BCUT2D eigenvalue weighted by molar-refractivity contribution is -0.114. The third kappa shape index (κ3) is 6.83. The van der Waals surface area contributed by atoms with Crippen molar-refractivity contribution in [3.8, 4) is 5.75 Å². The van der Waals surface area contributed by atoms with Crippen molar-refractivity contribution in [3.63, 3.8) is 0 Å². The van der Waals surface area contributed by atoms with E-state index in [1.807, 2.05) is 13.8 Å². The Bertz CT molecular complexity index is 1310. The van der Waals surface area contributed by atoms with Crippen molar-refractivity contribution in [2.75, 3.05) is 5.32 Å². The molecule has 1 N–H and O–H groups in total. The summed E-state index contributed by atoms with van der Waals surface area (Å²) in [4.78, 5) is 26.1. The average Bonchev–Trinajstić information content (AvgIpc) is 2.82. The minimum absolute atomic E-state index is 0.0489. The molecule has 0 aliphatic heterocycles. The molecule has 0 fully saturated rings. The van der Waals surface area contributed by atoms with E-state index in [4.69, 9.17) is 15.8 Å². The van der Waals surface area contributed by atoms with E-state index in [-0.39, 0.29) is 35.0 Å². The summed E-state index contributed by atoms with van der Waals surface area (Å²) in [5.41, 5.74) is 1.60. The second-order valence-electron chi connectivity index (χ2n) is 8.06. The van der Waals surface area contributed by atoms with Crippen molar-refractivity contribution < 1.29 is 22.2 Å². The number of halogens is 1. The molecule has 0 radical (unpaired) electrons. The van der Waals surface area contributed by atoms with Gasteiger partial charge in [-0.25, -0.2) is 0 Å². The highest BCUT2D eigenvalue weighted by Crippen LogP contribution is 2.24. The van der Waals surface area contributed by atoms with Crippen LogP contribution >= 0.6 is 11.6 Å². The van der Waals surface area contributed by atoms with Crippen molar-refractivity contribution in [1.82, 2.24) is 4.90 Å². The van der Waals surface area contributed by atoms with E-state index in [9.17, 15) is 18.0 Å². The van der Waals surface area contributed by atoms with E-state index in [1.165, 1.54) is 37.3 Å². The third-order valence-corrected chi connectivity index (χ3v) is 7.00. The fraction of sp³-hybridized carbons (Fsp3) is 0.231. The minimum Gasteiger partial charge on any atom is -0.379 e. The van der Waals surface area contributed by atoms with Gasteiger partial charge in [-0.3, -0.25) is 9.59 Å². The highest BCUT2D eigenvalue weighted by Gasteiger charge is 2.23. The van der Waals surface area contributed by atoms with Crippen molar-refractivity contribution in [1.29, 1.82) is 0 Å². The van der Waals surface area contributed by atoms with Crippen molar-refractivity contribution >= 4 is 39.2 Å². The molecule has 0 spiro atoms. The van der Waals surface area contributed by atoms with Gasteiger partial charge in [0.1, 0.15) is 10.6 Å². The van der Waals surface area contributed by atoms with Gasteiger partial charge in [-0.15, -0.1) is 0 Å². The molecule has 0 heterocycles. The highest BCUT2D eigenvalue weighted by molar-refractivity contribution is 7.87. The Labute approximate surface area is 210 Å². The maximum atomic E-state index is 13.3. The second kappa shape index (κ2) is 11.4. The summed E-state index contributed by atoms with van der Waals surface area (Å²) in [6.07, 6.45) is 0.731. The van der Waals surface area contributed by atoms with Gasteiger partial charge in [-0.1, -0.05) is 42.8 Å². The summed E-state index contributed by atoms with van der Waals surface area (Å²) >= 11 is 6.25. The average molecular weight is 515 g/mol. The zero-order valence-electron chi connectivity index (χ0n) is 19.7. The second-order valence-corrected chi connectivity index (χ2v) is 10.0. The van der Waals surface area contributed by atoms with Gasteiger partial charge in [0.2, 0.25) is 5.91 Å². The Morgan fingerprint density at radius 2 is 1.71 bits per heavy atom. The summed E-state index contributed by atoms with van der Waals surface area (Å²) < 4.78 is 30.9. The van der Waals surface area contributed by atoms with Gasteiger partial charge < -0.3 is 14.4 Å². The third-order valence-electron chi connectivity index (χ3n) is 5.41. The van der Waals surface area contributed by atoms with E-state index < -0.39 is 10.1 Å². The lowest BCUT2D eigenvalue weighted by Gasteiger charge is -2.29. The van der Waals surface area contributed by atoms with E-state index in [1.54, 1.807) is 47.4 Å². The van der Waals surface area contributed by atoms with Crippen molar-refractivity contribution in [2.24, 2.45) is 0 Å². The van der Waals surface area contributed by atoms with Gasteiger partial charge in [0.15, 0.2) is 0 Å². The smallest absolute Gasteiger partial charge is 0.339 e. The summed E-state index contributed by atoms with van der Waals surface area (Å²) in [5.74, 6) is -0.334. The highest BCUT2D eigenvalue weighted by atomic mass is 35.5. The lowest BCUT2D eigenvalue weighted by atomic mass is 10.1. The first-order valence-corrected chi connectivity index (χ1v) is 12.9. The Morgan fingerprint density at radius 1 is 1.03 bits per heavy atom. The SMILES string of the molecule is CC[C@H](C)N(Cc1cccc(OS(=O)(=O)c2ccc(NC(C)=O)cc2)c1)C(=O)c1ccccc1Cl. The van der Waals surface area contributed by atoms with Crippen LogP contribution in [0.4, 0.5) is 5.69 Å². The molecule has 7 nitrogen and oxygen atoms in total. The number of benzene rings is 3. The zero-order chi connectivity index (χ0) is 25.6. The fourth-order valence-electron chi connectivity index (χ4n) is 3.41. The molecule has 0 bridgehead atoms. The maximum Gasteiger partial charge on any atom is 0.339 e. The topological polar surface area (TPSA) is 92.8 Å². The molecular formula is C26H27ClN2O5S. The fourth-order valence-corrected chi connectivity index (χ4v) is 4.55. The Morgan fingerprint density at radius 3 is 2.34 bits per heavy atom. The predicted molar refractivity (Wildman–Crippen MR) is 136 cm³/mol. The first kappa shape index (κ1) is 26.2. The molecule has 35 heavy (non-hydrogen) atoms. The number of amides is 2. The summed E-state index contributed by atoms with van der Waals surface area (Å²) in [6.45, 7) is 5.55. The largest absolute Gasteiger partial charge is 0.379 e. The van der Waals surface area contributed by atoms with Crippen LogP contribution in [0.25, 0.3) is 0 Å². The van der Waals surface area contributed by atoms with Gasteiger partial charge >= 0.3 is 10.1 Å². The molecule has 1 atom stereocenters. The van der Waals surface area contributed by atoms with E-state index in [0.29, 0.717) is 21.8 Å². The molecule has 0 aliphatic carbocycles. The first-order valence-electron chi connectivity index (χ1n) is 11.1. The number of rotatable bonds is 9. The van der Waals surface area contributed by atoms with Crippen LogP contribution in [0.3, 0.4) is 0 Å². The standard InChI is InChI=1S/C26H27ClN2O5S/c1-4-18(2)29(26(31)24-10-5-6-11-25(24)27)17-20-8-7-9-22(16-20)34-35(32,33)23-14-12-21(13-15-23)28-19(3)30/h5-16,18H,4,17H2,1-3H3,(H,28,30)/t18-/m0/s1. The number of anilines is 1. The van der Waals surface area contributed by atoms with Crippen LogP contribution in [0.15, 0.2) is 77.7 Å². The molecule has 0 saturated heterocycles. The quantitative estimate of drug-likeness (QED) is 0.380. The normalized spacial score (nSPS) is 12.0. The number of hydrogen-bond acceptors (Lipinski definition) is 5. The Hall–Kier alpha value is -3.36. The molecule has 9 heteroatoms. The first-order chi connectivity index (χ1) is 16.6. The number of carbonyl (C=O) groups excluding carboxylic acids is 2. The van der Waals surface area contributed by atoms with Crippen molar-refractivity contribution in [3.05, 3.63) is 88.9 Å². The van der Waals surface area contributed by atoms with Gasteiger partial charge in [0.05, 0.1) is 10.6 Å². The molecule has 0 unspecified atom stereocenters. The Balaban J connectivity index is 1.81. The van der Waals surface area contributed by atoms with Crippen LogP contribution in [0.5, 0.6) is 5.75 Å². The number of hydrogen-bond donors (Lipinski definition) is 1. The summed E-state index contributed by atoms with van der Waals surface area (Å²) in [5, 5.41) is 2.96. The van der Waals surface area contributed by atoms with E-state index >= 15 is 0 Å². The molecule has 184 valence electrons.